The van der Waals surface area contributed by atoms with E-state index in [4.69, 9.17) is 23.7 Å². The molecule has 2 aliphatic heterocycles. The minimum Gasteiger partial charge on any atom is -0.496 e. The van der Waals surface area contributed by atoms with Crippen LogP contribution in [0, 0.1) is 0 Å². The van der Waals surface area contributed by atoms with Crippen LogP contribution in [0.2, 0.25) is 0 Å². The number of Topliss-reactive ketones (excluding diaryl/α,β-unsaturated/α-hetero) is 1. The van der Waals surface area contributed by atoms with Crippen LogP contribution in [0.4, 0.5) is 0 Å². The Morgan fingerprint density at radius 1 is 0.957 bits per heavy atom. The molecule has 4 rings (SSSR count). The van der Waals surface area contributed by atoms with Gasteiger partial charge < -0.3 is 23.7 Å². The van der Waals surface area contributed by atoms with Crippen molar-refractivity contribution in [2.45, 2.75) is 6.42 Å². The summed E-state index contributed by atoms with van der Waals surface area (Å²) in [4.78, 5) is 12.6. The Bertz CT molecular complexity index is 783. The first kappa shape index (κ1) is 13.8. The zero-order valence-electron chi connectivity index (χ0n) is 12.5. The van der Waals surface area contributed by atoms with E-state index in [0.717, 1.165) is 5.56 Å². The van der Waals surface area contributed by atoms with Crippen LogP contribution in [-0.4, -0.2) is 26.5 Å². The molecule has 0 radical (unpaired) electrons. The lowest BCUT2D eigenvalue weighted by atomic mass is 10.0. The lowest BCUT2D eigenvalue weighted by Crippen LogP contribution is -2.06. The quantitative estimate of drug-likeness (QED) is 0.808. The number of carbonyl (C=O) groups excluding carboxylic acids is 1. The first-order valence-electron chi connectivity index (χ1n) is 7.14. The van der Waals surface area contributed by atoms with Gasteiger partial charge in [0.05, 0.1) is 12.7 Å². The Balaban J connectivity index is 1.62. The highest BCUT2D eigenvalue weighted by Gasteiger charge is 2.22. The molecule has 0 spiro atoms. The van der Waals surface area contributed by atoms with E-state index >= 15 is 0 Å². The number of hydrogen-bond donors (Lipinski definition) is 0. The van der Waals surface area contributed by atoms with Crippen molar-refractivity contribution >= 4 is 5.78 Å². The molecule has 0 saturated heterocycles. The van der Waals surface area contributed by atoms with Gasteiger partial charge in [0.25, 0.3) is 0 Å². The Kier molecular flexibility index (Phi) is 3.22. The number of ketones is 1. The fourth-order valence-electron chi connectivity index (χ4n) is 2.64. The van der Waals surface area contributed by atoms with Crippen LogP contribution in [-0.2, 0) is 6.42 Å². The van der Waals surface area contributed by atoms with E-state index in [1.807, 2.05) is 18.2 Å². The van der Waals surface area contributed by atoms with E-state index < -0.39 is 0 Å². The van der Waals surface area contributed by atoms with E-state index in [1.165, 1.54) is 7.11 Å². The van der Waals surface area contributed by atoms with Crippen LogP contribution in [0.25, 0.3) is 0 Å². The van der Waals surface area contributed by atoms with Crippen molar-refractivity contribution in [3.63, 3.8) is 0 Å². The summed E-state index contributed by atoms with van der Waals surface area (Å²) in [5.74, 6) is 2.90. The van der Waals surface area contributed by atoms with Crippen LogP contribution in [0.5, 0.6) is 28.7 Å². The molecule has 2 aromatic carbocycles. The summed E-state index contributed by atoms with van der Waals surface area (Å²) in [7, 11) is 1.52. The second kappa shape index (κ2) is 5.39. The molecule has 0 bridgehead atoms. The molecule has 2 heterocycles. The summed E-state index contributed by atoms with van der Waals surface area (Å²) in [5.41, 5.74) is 1.31. The van der Waals surface area contributed by atoms with Gasteiger partial charge in [-0.25, -0.2) is 0 Å². The Labute approximate surface area is 132 Å². The summed E-state index contributed by atoms with van der Waals surface area (Å²) in [6.45, 7) is 0.362. The molecule has 2 aromatic rings. The van der Waals surface area contributed by atoms with Gasteiger partial charge in [-0.15, -0.1) is 0 Å². The summed E-state index contributed by atoms with van der Waals surface area (Å²) in [6, 6.07) is 8.82. The zero-order valence-corrected chi connectivity index (χ0v) is 12.5. The fourth-order valence-corrected chi connectivity index (χ4v) is 2.64. The molecule has 118 valence electrons. The average Bonchev–Trinajstić information content (AvgIpc) is 3.21. The highest BCUT2D eigenvalue weighted by molar-refractivity contribution is 6.00. The van der Waals surface area contributed by atoms with Gasteiger partial charge in [0.1, 0.15) is 5.75 Å². The predicted octanol–water partition coefficient (Wildman–Crippen LogP) is 2.58. The maximum absolute atomic E-state index is 12.6. The monoisotopic (exact) mass is 314 g/mol. The van der Waals surface area contributed by atoms with E-state index in [9.17, 15) is 4.79 Å². The van der Waals surface area contributed by atoms with Crippen molar-refractivity contribution in [2.24, 2.45) is 0 Å². The summed E-state index contributed by atoms with van der Waals surface area (Å²) >= 11 is 0. The summed E-state index contributed by atoms with van der Waals surface area (Å²) in [6.07, 6.45) is 0.229. The standard InChI is InChI=1S/C17H14O6/c1-19-14-7-17-16(22-9-23-17)6-11(14)12(18)4-10-2-3-13-15(5-10)21-8-20-13/h2-3,5-7H,4,8-9H2,1H3. The van der Waals surface area contributed by atoms with Crippen molar-refractivity contribution in [3.8, 4) is 28.7 Å². The van der Waals surface area contributed by atoms with E-state index in [2.05, 4.69) is 0 Å². The Hall–Kier alpha value is -2.89. The third-order valence-electron chi connectivity index (χ3n) is 3.80. The van der Waals surface area contributed by atoms with Crippen molar-refractivity contribution in [3.05, 3.63) is 41.5 Å². The number of benzene rings is 2. The second-order valence-electron chi connectivity index (χ2n) is 5.19. The summed E-state index contributed by atoms with van der Waals surface area (Å²) < 4.78 is 26.5. The predicted molar refractivity (Wildman–Crippen MR) is 79.7 cm³/mol. The molecule has 0 unspecified atom stereocenters. The van der Waals surface area contributed by atoms with Crippen LogP contribution in [0.1, 0.15) is 15.9 Å². The van der Waals surface area contributed by atoms with Gasteiger partial charge >= 0.3 is 0 Å². The maximum Gasteiger partial charge on any atom is 0.231 e. The Morgan fingerprint density at radius 3 is 2.35 bits per heavy atom. The van der Waals surface area contributed by atoms with E-state index in [0.29, 0.717) is 34.3 Å². The molecule has 0 amide bonds. The van der Waals surface area contributed by atoms with Gasteiger partial charge in [-0.1, -0.05) is 6.07 Å². The third kappa shape index (κ3) is 2.42. The summed E-state index contributed by atoms with van der Waals surface area (Å²) in [5, 5.41) is 0. The molecule has 2 aliphatic rings. The zero-order chi connectivity index (χ0) is 15.8. The second-order valence-corrected chi connectivity index (χ2v) is 5.19. The van der Waals surface area contributed by atoms with Gasteiger partial charge in [0, 0.05) is 12.5 Å². The van der Waals surface area contributed by atoms with Gasteiger partial charge in [-0.05, 0) is 23.8 Å². The van der Waals surface area contributed by atoms with E-state index in [-0.39, 0.29) is 25.8 Å². The molecular formula is C17H14O6. The minimum absolute atomic E-state index is 0.0704. The van der Waals surface area contributed by atoms with Gasteiger partial charge in [0.15, 0.2) is 28.8 Å². The molecule has 0 aromatic heterocycles. The first-order chi connectivity index (χ1) is 11.2. The fraction of sp³-hybridized carbons (Fsp3) is 0.235. The number of rotatable bonds is 4. The first-order valence-corrected chi connectivity index (χ1v) is 7.14. The molecule has 6 heteroatoms. The smallest absolute Gasteiger partial charge is 0.231 e. The number of fused-ring (bicyclic) bond motifs is 2. The molecular weight excluding hydrogens is 300 g/mol. The highest BCUT2D eigenvalue weighted by atomic mass is 16.7. The molecule has 6 nitrogen and oxygen atoms in total. The van der Waals surface area contributed by atoms with Crippen molar-refractivity contribution < 1.29 is 28.5 Å². The minimum atomic E-state index is -0.0704. The number of hydrogen-bond acceptors (Lipinski definition) is 6. The van der Waals surface area contributed by atoms with Crippen LogP contribution >= 0.6 is 0 Å². The number of ether oxygens (including phenoxy) is 5. The number of carbonyl (C=O) groups is 1. The topological polar surface area (TPSA) is 63.2 Å². The van der Waals surface area contributed by atoms with Gasteiger partial charge in [0.2, 0.25) is 13.6 Å². The SMILES string of the molecule is COc1cc2c(cc1C(=O)Cc1ccc3c(c1)OCO3)OCO2. The molecule has 0 saturated carbocycles. The normalized spacial score (nSPS) is 14.0. The lowest BCUT2D eigenvalue weighted by molar-refractivity contribution is 0.0989. The molecule has 0 N–H and O–H groups in total. The van der Waals surface area contributed by atoms with E-state index in [1.54, 1.807) is 12.1 Å². The van der Waals surface area contributed by atoms with Gasteiger partial charge in [-0.3, -0.25) is 4.79 Å². The lowest BCUT2D eigenvalue weighted by Gasteiger charge is -2.09. The van der Waals surface area contributed by atoms with Crippen molar-refractivity contribution in [1.82, 2.24) is 0 Å². The van der Waals surface area contributed by atoms with Crippen molar-refractivity contribution in [2.75, 3.05) is 20.7 Å². The van der Waals surface area contributed by atoms with Crippen LogP contribution in [0.3, 0.4) is 0 Å². The average molecular weight is 314 g/mol. The molecule has 0 fully saturated rings. The van der Waals surface area contributed by atoms with Gasteiger partial charge in [-0.2, -0.15) is 0 Å². The molecule has 23 heavy (non-hydrogen) atoms. The molecule has 0 atom stereocenters. The largest absolute Gasteiger partial charge is 0.496 e. The molecule has 0 aliphatic carbocycles. The number of methoxy groups -OCH3 is 1. The Morgan fingerprint density at radius 2 is 1.61 bits per heavy atom. The van der Waals surface area contributed by atoms with Crippen LogP contribution < -0.4 is 23.7 Å². The highest BCUT2D eigenvalue weighted by Crippen LogP contribution is 2.39. The van der Waals surface area contributed by atoms with Crippen LogP contribution in [0.15, 0.2) is 30.3 Å². The third-order valence-corrected chi connectivity index (χ3v) is 3.80. The maximum atomic E-state index is 12.6. The van der Waals surface area contributed by atoms with Crippen molar-refractivity contribution in [1.29, 1.82) is 0 Å².